The van der Waals surface area contributed by atoms with Crippen LogP contribution in [0, 0.1) is 0 Å². The van der Waals surface area contributed by atoms with Crippen LogP contribution in [0.3, 0.4) is 0 Å². The molecule has 0 saturated heterocycles. The Morgan fingerprint density at radius 3 is 2.32 bits per heavy atom. The second-order valence-electron chi connectivity index (χ2n) is 4.42. The van der Waals surface area contributed by atoms with Crippen LogP contribution in [-0.4, -0.2) is 28.5 Å². The lowest BCUT2D eigenvalue weighted by Crippen LogP contribution is -2.28. The molecule has 0 amide bonds. The fraction of sp³-hybridized carbons (Fsp3) is 0.133. The van der Waals surface area contributed by atoms with E-state index < -0.39 is 16.0 Å². The Hall–Kier alpha value is -2.05. The van der Waals surface area contributed by atoms with E-state index >= 15 is 0 Å². The molecule has 0 fully saturated rings. The van der Waals surface area contributed by atoms with Crippen molar-refractivity contribution in [2.75, 3.05) is 18.5 Å². The van der Waals surface area contributed by atoms with Gasteiger partial charge in [-0.25, -0.2) is 13.2 Å². The second kappa shape index (κ2) is 6.37. The Bertz CT molecular complexity index is 790. The van der Waals surface area contributed by atoms with Gasteiger partial charge in [0.2, 0.25) is 0 Å². The monoisotopic (exact) mass is 339 g/mol. The molecule has 0 atom stereocenters. The largest absolute Gasteiger partial charge is 0.465 e. The van der Waals surface area contributed by atoms with Gasteiger partial charge >= 0.3 is 5.97 Å². The Kier molecular flexibility index (Phi) is 4.73. The molecule has 0 unspecified atom stereocenters. The van der Waals surface area contributed by atoms with Gasteiger partial charge in [-0.05, 0) is 24.3 Å². The first-order valence-corrected chi connectivity index (χ1v) is 8.12. The molecule has 0 aliphatic rings. The number of para-hydroxylation sites is 1. The summed E-state index contributed by atoms with van der Waals surface area (Å²) >= 11 is 6.03. The molecule has 7 heteroatoms. The summed E-state index contributed by atoms with van der Waals surface area (Å²) in [4.78, 5) is 11.6. The van der Waals surface area contributed by atoms with Crippen molar-refractivity contribution in [2.45, 2.75) is 4.90 Å². The zero-order chi connectivity index (χ0) is 16.3. The van der Waals surface area contributed by atoms with E-state index in [4.69, 9.17) is 11.6 Å². The first-order valence-electron chi connectivity index (χ1n) is 6.30. The number of ether oxygens (including phenoxy) is 1. The highest BCUT2D eigenvalue weighted by Gasteiger charge is 2.30. The summed E-state index contributed by atoms with van der Waals surface area (Å²) in [7, 11) is -1.43. The molecule has 0 bridgehead atoms. The van der Waals surface area contributed by atoms with E-state index in [9.17, 15) is 13.2 Å². The lowest BCUT2D eigenvalue weighted by atomic mass is 10.2. The topological polar surface area (TPSA) is 63.7 Å². The average molecular weight is 340 g/mol. The number of hydrogen-bond acceptors (Lipinski definition) is 4. The summed E-state index contributed by atoms with van der Waals surface area (Å²) in [6.07, 6.45) is 0. The van der Waals surface area contributed by atoms with Crippen LogP contribution in [0.5, 0.6) is 0 Å². The molecule has 0 spiro atoms. The van der Waals surface area contributed by atoms with Crippen molar-refractivity contribution < 1.29 is 17.9 Å². The van der Waals surface area contributed by atoms with Crippen LogP contribution in [0.1, 0.15) is 10.4 Å². The summed E-state index contributed by atoms with van der Waals surface area (Å²) in [6, 6.07) is 12.8. The van der Waals surface area contributed by atoms with E-state index in [1.54, 1.807) is 30.3 Å². The minimum Gasteiger partial charge on any atom is -0.465 e. The fourth-order valence-electron chi connectivity index (χ4n) is 1.96. The number of carbonyl (C=O) groups is 1. The molecule has 0 aromatic heterocycles. The average Bonchev–Trinajstić information content (AvgIpc) is 2.53. The normalized spacial score (nSPS) is 11.0. The molecule has 0 radical (unpaired) electrons. The molecule has 0 aliphatic heterocycles. The van der Waals surface area contributed by atoms with Crippen LogP contribution in [0.25, 0.3) is 0 Å². The van der Waals surface area contributed by atoms with Gasteiger partial charge in [0.05, 0.1) is 23.4 Å². The fourth-order valence-corrected chi connectivity index (χ4v) is 3.84. The summed E-state index contributed by atoms with van der Waals surface area (Å²) in [5.74, 6) is -0.762. The van der Waals surface area contributed by atoms with Gasteiger partial charge in [-0.1, -0.05) is 35.9 Å². The molecule has 0 aliphatic carbocycles. The number of carbonyl (C=O) groups excluding carboxylic acids is 1. The number of methoxy groups -OCH3 is 1. The molecule has 0 heterocycles. The van der Waals surface area contributed by atoms with Crippen molar-refractivity contribution in [3.63, 3.8) is 0 Å². The van der Waals surface area contributed by atoms with Crippen LogP contribution in [0.4, 0.5) is 5.69 Å². The molecular formula is C15H14ClNO4S. The summed E-state index contributed by atoms with van der Waals surface area (Å²) in [5.41, 5.74) is 0.357. The van der Waals surface area contributed by atoms with Crippen LogP contribution in [0.2, 0.25) is 5.02 Å². The molecular weight excluding hydrogens is 326 g/mol. The molecule has 116 valence electrons. The van der Waals surface area contributed by atoms with Gasteiger partial charge in [0.25, 0.3) is 10.0 Å². The van der Waals surface area contributed by atoms with Crippen molar-refractivity contribution >= 4 is 33.3 Å². The number of esters is 1. The number of halogens is 1. The summed E-state index contributed by atoms with van der Waals surface area (Å²) in [5, 5.41) is -0.0364. The lowest BCUT2D eigenvalue weighted by Gasteiger charge is -2.21. The number of hydrogen-bond donors (Lipinski definition) is 0. The van der Waals surface area contributed by atoms with Crippen molar-refractivity contribution in [3.8, 4) is 0 Å². The van der Waals surface area contributed by atoms with E-state index in [0.29, 0.717) is 5.69 Å². The van der Waals surface area contributed by atoms with Crippen molar-refractivity contribution in [1.82, 2.24) is 0 Å². The van der Waals surface area contributed by atoms with Crippen molar-refractivity contribution in [3.05, 3.63) is 59.1 Å². The number of sulfonamides is 1. The molecule has 0 saturated carbocycles. The third-order valence-corrected chi connectivity index (χ3v) is 5.43. The van der Waals surface area contributed by atoms with E-state index in [1.165, 1.54) is 32.4 Å². The number of anilines is 1. The first-order chi connectivity index (χ1) is 10.4. The molecule has 22 heavy (non-hydrogen) atoms. The second-order valence-corrected chi connectivity index (χ2v) is 6.73. The third kappa shape index (κ3) is 2.93. The Morgan fingerprint density at radius 1 is 1.09 bits per heavy atom. The maximum absolute atomic E-state index is 12.8. The van der Waals surface area contributed by atoms with Gasteiger partial charge in [-0.2, -0.15) is 0 Å². The predicted molar refractivity (Wildman–Crippen MR) is 84.8 cm³/mol. The molecule has 2 rings (SSSR count). The standard InChI is InChI=1S/C15H14ClNO4S/c1-17(11-7-4-3-5-8-11)22(19,20)14-12(15(18)21-2)9-6-10-13(14)16/h3-10H,1-2H3. The molecule has 0 N–H and O–H groups in total. The van der Waals surface area contributed by atoms with Gasteiger partial charge in [-0.3, -0.25) is 4.31 Å². The highest BCUT2D eigenvalue weighted by molar-refractivity contribution is 7.93. The van der Waals surface area contributed by atoms with E-state index in [-0.39, 0.29) is 15.5 Å². The maximum atomic E-state index is 12.8. The van der Waals surface area contributed by atoms with Gasteiger partial charge in [0, 0.05) is 7.05 Å². The number of nitrogens with zero attached hydrogens (tertiary/aromatic N) is 1. The Balaban J connectivity index is 2.62. The molecule has 2 aromatic carbocycles. The quantitative estimate of drug-likeness (QED) is 0.803. The lowest BCUT2D eigenvalue weighted by molar-refractivity contribution is 0.0596. The first kappa shape index (κ1) is 16.3. The van der Waals surface area contributed by atoms with Crippen molar-refractivity contribution in [2.24, 2.45) is 0 Å². The van der Waals surface area contributed by atoms with Crippen LogP contribution < -0.4 is 4.31 Å². The van der Waals surface area contributed by atoms with Gasteiger partial charge in [0.1, 0.15) is 4.90 Å². The zero-order valence-corrected chi connectivity index (χ0v) is 13.6. The van der Waals surface area contributed by atoms with Crippen LogP contribution >= 0.6 is 11.6 Å². The highest BCUT2D eigenvalue weighted by atomic mass is 35.5. The van der Waals surface area contributed by atoms with Crippen LogP contribution in [0.15, 0.2) is 53.4 Å². The number of rotatable bonds is 4. The Morgan fingerprint density at radius 2 is 1.73 bits per heavy atom. The van der Waals surface area contributed by atoms with Gasteiger partial charge in [-0.15, -0.1) is 0 Å². The minimum absolute atomic E-state index is 0.0364. The highest BCUT2D eigenvalue weighted by Crippen LogP contribution is 2.30. The minimum atomic E-state index is -4.01. The molecule has 2 aromatic rings. The maximum Gasteiger partial charge on any atom is 0.339 e. The van der Waals surface area contributed by atoms with Gasteiger partial charge < -0.3 is 4.74 Å². The molecule has 5 nitrogen and oxygen atoms in total. The zero-order valence-electron chi connectivity index (χ0n) is 12.0. The van der Waals surface area contributed by atoms with E-state index in [1.807, 2.05) is 0 Å². The Labute approximate surface area is 134 Å². The van der Waals surface area contributed by atoms with E-state index in [2.05, 4.69) is 4.74 Å². The summed E-state index contributed by atoms with van der Waals surface area (Å²) in [6.45, 7) is 0. The van der Waals surface area contributed by atoms with Gasteiger partial charge in [0.15, 0.2) is 0 Å². The predicted octanol–water partition coefficient (Wildman–Crippen LogP) is 2.95. The van der Waals surface area contributed by atoms with Crippen molar-refractivity contribution in [1.29, 1.82) is 0 Å². The third-order valence-electron chi connectivity index (χ3n) is 3.11. The number of benzene rings is 2. The SMILES string of the molecule is COC(=O)c1cccc(Cl)c1S(=O)(=O)N(C)c1ccccc1. The van der Waals surface area contributed by atoms with E-state index in [0.717, 1.165) is 4.31 Å². The summed E-state index contributed by atoms with van der Waals surface area (Å²) < 4.78 is 31.4. The smallest absolute Gasteiger partial charge is 0.339 e. The van der Waals surface area contributed by atoms with Crippen LogP contribution in [-0.2, 0) is 14.8 Å².